The molecule has 0 aliphatic rings. The van der Waals surface area contributed by atoms with Crippen LogP contribution in [0.25, 0.3) is 0 Å². The van der Waals surface area contributed by atoms with Crippen molar-refractivity contribution in [3.05, 3.63) is 46.8 Å². The lowest BCUT2D eigenvalue weighted by atomic mass is 10.3. The van der Waals surface area contributed by atoms with Gasteiger partial charge < -0.3 is 9.73 Å². The van der Waals surface area contributed by atoms with E-state index in [2.05, 4.69) is 26.0 Å². The summed E-state index contributed by atoms with van der Waals surface area (Å²) in [5.74, 6) is 0.754. The highest BCUT2D eigenvalue weighted by atomic mass is 79.9. The summed E-state index contributed by atoms with van der Waals surface area (Å²) in [7, 11) is -3.76. The number of halogens is 1. The van der Waals surface area contributed by atoms with Crippen molar-refractivity contribution in [2.45, 2.75) is 6.54 Å². The molecule has 0 aliphatic heterocycles. The summed E-state index contributed by atoms with van der Waals surface area (Å²) in [5, 5.41) is 8.02. The van der Waals surface area contributed by atoms with E-state index < -0.39 is 10.2 Å². The van der Waals surface area contributed by atoms with Crippen LogP contribution in [0.3, 0.4) is 0 Å². The van der Waals surface area contributed by atoms with Gasteiger partial charge in [0.25, 0.3) is 10.2 Å². The molecule has 0 saturated carbocycles. The Morgan fingerprint density at radius 1 is 1.26 bits per heavy atom. The van der Waals surface area contributed by atoms with Crippen LogP contribution in [0, 0.1) is 0 Å². The second-order valence-electron chi connectivity index (χ2n) is 3.77. The number of furan rings is 1. The Kier molecular flexibility index (Phi) is 4.13. The highest BCUT2D eigenvalue weighted by Gasteiger charge is 2.05. The van der Waals surface area contributed by atoms with Crippen LogP contribution in [-0.4, -0.2) is 8.42 Å². The Morgan fingerprint density at radius 3 is 2.63 bits per heavy atom. The van der Waals surface area contributed by atoms with Crippen LogP contribution >= 0.6 is 15.9 Å². The fourth-order valence-corrected chi connectivity index (χ4v) is 2.29. The zero-order valence-corrected chi connectivity index (χ0v) is 12.2. The molecule has 1 aromatic carbocycles. The third kappa shape index (κ3) is 4.27. The molecule has 0 unspecified atom stereocenters. The van der Waals surface area contributed by atoms with Gasteiger partial charge in [-0.25, -0.2) is 5.14 Å². The van der Waals surface area contributed by atoms with Gasteiger partial charge in [-0.05, 0) is 40.2 Å². The first-order valence-corrected chi connectivity index (χ1v) is 7.64. The molecule has 0 saturated heterocycles. The van der Waals surface area contributed by atoms with Gasteiger partial charge in [0.1, 0.15) is 5.76 Å². The smallest absolute Gasteiger partial charge is 0.296 e. The average molecular weight is 346 g/mol. The highest BCUT2D eigenvalue weighted by Crippen LogP contribution is 2.20. The van der Waals surface area contributed by atoms with E-state index in [9.17, 15) is 8.42 Å². The van der Waals surface area contributed by atoms with E-state index in [1.807, 2.05) is 6.07 Å². The second kappa shape index (κ2) is 5.64. The predicted octanol–water partition coefficient (Wildman–Crippen LogP) is 2.27. The van der Waals surface area contributed by atoms with Gasteiger partial charge in [-0.2, -0.15) is 8.42 Å². The lowest BCUT2D eigenvalue weighted by molar-refractivity contribution is 0.516. The van der Waals surface area contributed by atoms with E-state index in [0.29, 0.717) is 12.2 Å². The molecule has 0 radical (unpaired) electrons. The molecule has 4 N–H and O–H groups in total. The average Bonchev–Trinajstić information content (AvgIpc) is 2.70. The van der Waals surface area contributed by atoms with Crippen molar-refractivity contribution in [1.82, 2.24) is 0 Å². The van der Waals surface area contributed by atoms with Crippen LogP contribution in [0.1, 0.15) is 5.76 Å². The number of nitrogens with two attached hydrogens (primary N) is 1. The molecule has 6 nitrogen and oxygen atoms in total. The third-order valence-corrected chi connectivity index (χ3v) is 3.49. The molecule has 1 heterocycles. The first-order valence-electron chi connectivity index (χ1n) is 5.30. The molecular weight excluding hydrogens is 334 g/mol. The molecular formula is C11H12BrN3O3S. The van der Waals surface area contributed by atoms with Crippen molar-refractivity contribution in [3.8, 4) is 0 Å². The van der Waals surface area contributed by atoms with E-state index in [1.54, 1.807) is 30.5 Å². The molecule has 8 heteroatoms. The summed E-state index contributed by atoms with van der Waals surface area (Å²) in [6, 6.07) is 8.58. The van der Waals surface area contributed by atoms with Crippen molar-refractivity contribution < 1.29 is 12.8 Å². The molecule has 19 heavy (non-hydrogen) atoms. The highest BCUT2D eigenvalue weighted by molar-refractivity contribution is 9.10. The van der Waals surface area contributed by atoms with Crippen molar-refractivity contribution in [2.24, 2.45) is 5.14 Å². The Hall–Kier alpha value is -1.51. The van der Waals surface area contributed by atoms with E-state index >= 15 is 0 Å². The molecule has 2 aromatic rings. The summed E-state index contributed by atoms with van der Waals surface area (Å²) >= 11 is 3.35. The van der Waals surface area contributed by atoms with Crippen molar-refractivity contribution >= 4 is 37.5 Å². The summed E-state index contributed by atoms with van der Waals surface area (Å²) in [6.07, 6.45) is 1.58. The number of rotatable bonds is 5. The van der Waals surface area contributed by atoms with Crippen LogP contribution in [0.5, 0.6) is 0 Å². The molecule has 2 rings (SSSR count). The molecule has 0 aliphatic carbocycles. The minimum atomic E-state index is -3.76. The van der Waals surface area contributed by atoms with Crippen LogP contribution in [0.4, 0.5) is 11.4 Å². The fourth-order valence-electron chi connectivity index (χ4n) is 1.49. The van der Waals surface area contributed by atoms with Gasteiger partial charge in [0, 0.05) is 5.69 Å². The Labute approximate surface area is 119 Å². The quantitative estimate of drug-likeness (QED) is 0.774. The van der Waals surface area contributed by atoms with Gasteiger partial charge in [0.15, 0.2) is 0 Å². The molecule has 0 amide bonds. The topological polar surface area (TPSA) is 97.4 Å². The summed E-state index contributed by atoms with van der Waals surface area (Å²) < 4.78 is 30.2. The molecule has 0 bridgehead atoms. The number of hydrogen-bond acceptors (Lipinski definition) is 4. The van der Waals surface area contributed by atoms with Crippen LogP contribution < -0.4 is 15.2 Å². The number of hydrogen-bond donors (Lipinski definition) is 3. The second-order valence-corrected chi connectivity index (χ2v) is 5.92. The largest absolute Gasteiger partial charge is 0.466 e. The summed E-state index contributed by atoms with van der Waals surface area (Å²) in [6.45, 7) is 0.479. The van der Waals surface area contributed by atoms with Gasteiger partial charge >= 0.3 is 0 Å². The minimum absolute atomic E-state index is 0.394. The number of benzene rings is 1. The van der Waals surface area contributed by atoms with Crippen LogP contribution in [0.2, 0.25) is 0 Å². The SMILES string of the molecule is NS(=O)(=O)Nc1cccc(NCc2occc2Br)c1. The van der Waals surface area contributed by atoms with E-state index in [-0.39, 0.29) is 0 Å². The third-order valence-electron chi connectivity index (χ3n) is 2.27. The normalized spacial score (nSPS) is 11.3. The summed E-state index contributed by atoms with van der Waals surface area (Å²) in [5.41, 5.74) is 1.14. The van der Waals surface area contributed by atoms with Crippen LogP contribution in [-0.2, 0) is 16.8 Å². The van der Waals surface area contributed by atoms with E-state index in [1.165, 1.54) is 0 Å². The maximum atomic E-state index is 10.9. The maximum Gasteiger partial charge on any atom is 0.296 e. The Bertz CT molecular complexity index is 669. The zero-order valence-electron chi connectivity index (χ0n) is 9.76. The van der Waals surface area contributed by atoms with Crippen LogP contribution in [0.15, 0.2) is 45.5 Å². The van der Waals surface area contributed by atoms with Crippen molar-refractivity contribution in [3.63, 3.8) is 0 Å². The lowest BCUT2D eigenvalue weighted by Gasteiger charge is -2.08. The number of anilines is 2. The van der Waals surface area contributed by atoms with Gasteiger partial charge in [0.05, 0.1) is 23.0 Å². The minimum Gasteiger partial charge on any atom is -0.466 e. The Balaban J connectivity index is 2.05. The van der Waals surface area contributed by atoms with Crippen molar-refractivity contribution in [2.75, 3.05) is 10.0 Å². The van der Waals surface area contributed by atoms with Gasteiger partial charge in [-0.3, -0.25) is 4.72 Å². The standard InChI is InChI=1S/C11H12BrN3O3S/c12-10-4-5-18-11(10)7-14-8-2-1-3-9(6-8)15-19(13,16)17/h1-6,14-15H,7H2,(H2,13,16,17). The number of nitrogens with one attached hydrogen (secondary N) is 2. The van der Waals surface area contributed by atoms with Gasteiger partial charge in [-0.1, -0.05) is 6.07 Å². The van der Waals surface area contributed by atoms with Crippen molar-refractivity contribution in [1.29, 1.82) is 0 Å². The molecule has 0 atom stereocenters. The maximum absolute atomic E-state index is 10.9. The lowest BCUT2D eigenvalue weighted by Crippen LogP contribution is -2.21. The molecule has 0 spiro atoms. The first-order chi connectivity index (χ1) is 8.94. The van der Waals surface area contributed by atoms with E-state index in [0.717, 1.165) is 15.9 Å². The van der Waals surface area contributed by atoms with Gasteiger partial charge in [0.2, 0.25) is 0 Å². The summed E-state index contributed by atoms with van der Waals surface area (Å²) in [4.78, 5) is 0. The van der Waals surface area contributed by atoms with Gasteiger partial charge in [-0.15, -0.1) is 0 Å². The Morgan fingerprint density at radius 2 is 2.00 bits per heavy atom. The fraction of sp³-hybridized carbons (Fsp3) is 0.0909. The monoisotopic (exact) mass is 345 g/mol. The first kappa shape index (κ1) is 13.9. The molecule has 1 aromatic heterocycles. The molecule has 102 valence electrons. The zero-order chi connectivity index (χ0) is 13.9. The van der Waals surface area contributed by atoms with E-state index in [4.69, 9.17) is 9.56 Å². The molecule has 0 fully saturated rings. The predicted molar refractivity (Wildman–Crippen MR) is 76.9 cm³/mol.